The van der Waals surface area contributed by atoms with Crippen molar-refractivity contribution in [3.8, 4) is 0 Å². The van der Waals surface area contributed by atoms with Crippen LogP contribution >= 0.6 is 0 Å². The monoisotopic (exact) mass is 403 g/mol. The topological polar surface area (TPSA) is 70.6 Å². The van der Waals surface area contributed by atoms with Gasteiger partial charge in [0.1, 0.15) is 10.7 Å². The van der Waals surface area contributed by atoms with E-state index in [1.54, 1.807) is 7.05 Å². The van der Waals surface area contributed by atoms with Gasteiger partial charge in [-0.15, -0.1) is 0 Å². The number of sulfone groups is 1. The van der Waals surface area contributed by atoms with E-state index in [9.17, 15) is 12.8 Å². The average Bonchev–Trinajstić information content (AvgIpc) is 2.66. The molecule has 0 radical (unpaired) electrons. The molecule has 2 aromatic rings. The quantitative estimate of drug-likeness (QED) is 0.551. The molecule has 0 amide bonds. The molecule has 0 aromatic heterocycles. The lowest BCUT2D eigenvalue weighted by Gasteiger charge is -2.43. The van der Waals surface area contributed by atoms with Gasteiger partial charge in [-0.25, -0.2) is 12.8 Å². The lowest BCUT2D eigenvalue weighted by molar-refractivity contribution is 0.244. The maximum absolute atomic E-state index is 13.8. The average molecular weight is 404 g/mol. The number of aliphatic imine (C=N–C) groups is 1. The second kappa shape index (κ2) is 8.73. The van der Waals surface area contributed by atoms with E-state index in [4.69, 9.17) is 0 Å². The Kier molecular flexibility index (Phi) is 6.34. The van der Waals surface area contributed by atoms with E-state index < -0.39 is 15.7 Å². The molecule has 2 N–H and O–H groups in total. The number of guanidine groups is 1. The number of hydrogen-bond acceptors (Lipinski definition) is 3. The first-order valence-electron chi connectivity index (χ1n) is 9.44. The number of nitrogens with one attached hydrogen (secondary N) is 2. The molecule has 0 unspecified atom stereocenters. The number of benzene rings is 2. The van der Waals surface area contributed by atoms with Crippen LogP contribution in [-0.4, -0.2) is 40.3 Å². The van der Waals surface area contributed by atoms with Crippen LogP contribution < -0.4 is 10.6 Å². The van der Waals surface area contributed by atoms with Crippen LogP contribution in [0.2, 0.25) is 0 Å². The van der Waals surface area contributed by atoms with Gasteiger partial charge in [-0.1, -0.05) is 48.9 Å². The molecule has 0 heterocycles. The van der Waals surface area contributed by atoms with Crippen molar-refractivity contribution < 1.29 is 12.8 Å². The van der Waals surface area contributed by atoms with Crippen molar-refractivity contribution >= 4 is 15.8 Å². The summed E-state index contributed by atoms with van der Waals surface area (Å²) in [7, 11) is -2.05. The van der Waals surface area contributed by atoms with Gasteiger partial charge in [0.05, 0.1) is 5.75 Å². The standard InChI is InChI=1S/C21H26FN3O2S/c1-23-20(24-14-15-28(26,27)19-11-6-5-10-18(19)22)25-16-21(12-7-13-21)17-8-3-2-4-9-17/h2-6,8-11H,7,12-16H2,1H3,(H2,23,24,25). The largest absolute Gasteiger partial charge is 0.356 e. The van der Waals surface area contributed by atoms with Gasteiger partial charge >= 0.3 is 0 Å². The fourth-order valence-corrected chi connectivity index (χ4v) is 4.79. The fraction of sp³-hybridized carbons (Fsp3) is 0.381. The summed E-state index contributed by atoms with van der Waals surface area (Å²) in [6.45, 7) is 0.880. The lowest BCUT2D eigenvalue weighted by Crippen LogP contribution is -2.49. The van der Waals surface area contributed by atoms with Gasteiger partial charge in [0.2, 0.25) is 0 Å². The molecule has 1 aliphatic rings. The zero-order chi connectivity index (χ0) is 20.0. The third-order valence-corrected chi connectivity index (χ3v) is 7.09. The van der Waals surface area contributed by atoms with E-state index in [0.29, 0.717) is 5.96 Å². The summed E-state index contributed by atoms with van der Waals surface area (Å²) in [6.07, 6.45) is 3.43. The first kappa shape index (κ1) is 20.3. The maximum Gasteiger partial charge on any atom is 0.191 e. The normalized spacial score (nSPS) is 16.3. The Morgan fingerprint density at radius 2 is 1.75 bits per heavy atom. The Labute approximate surface area is 166 Å². The van der Waals surface area contributed by atoms with Crippen LogP contribution in [0.1, 0.15) is 24.8 Å². The highest BCUT2D eigenvalue weighted by Crippen LogP contribution is 2.43. The Morgan fingerprint density at radius 1 is 1.07 bits per heavy atom. The zero-order valence-electron chi connectivity index (χ0n) is 16.0. The van der Waals surface area contributed by atoms with E-state index in [1.807, 2.05) is 6.07 Å². The number of halogens is 1. The Bertz CT molecular complexity index is 926. The van der Waals surface area contributed by atoms with E-state index in [1.165, 1.54) is 30.2 Å². The van der Waals surface area contributed by atoms with E-state index in [0.717, 1.165) is 25.5 Å². The predicted molar refractivity (Wildman–Crippen MR) is 110 cm³/mol. The molecule has 3 rings (SSSR count). The molecule has 0 bridgehead atoms. The molecule has 7 heteroatoms. The second-order valence-corrected chi connectivity index (χ2v) is 9.18. The van der Waals surface area contributed by atoms with Crippen LogP contribution in [0.3, 0.4) is 0 Å². The third-order valence-electron chi connectivity index (χ3n) is 5.35. The van der Waals surface area contributed by atoms with Gasteiger partial charge < -0.3 is 10.6 Å². The minimum atomic E-state index is -3.69. The Balaban J connectivity index is 1.55. The molecule has 1 fully saturated rings. The third kappa shape index (κ3) is 4.52. The van der Waals surface area contributed by atoms with Crippen LogP contribution in [0.15, 0.2) is 64.5 Å². The van der Waals surface area contributed by atoms with Crippen molar-refractivity contribution in [2.75, 3.05) is 25.9 Å². The summed E-state index contributed by atoms with van der Waals surface area (Å²) in [6, 6.07) is 15.9. The smallest absolute Gasteiger partial charge is 0.191 e. The lowest BCUT2D eigenvalue weighted by atomic mass is 9.64. The summed E-state index contributed by atoms with van der Waals surface area (Å²) in [5.74, 6) is -0.385. The molecular weight excluding hydrogens is 377 g/mol. The van der Waals surface area contributed by atoms with Crippen molar-refractivity contribution in [2.24, 2.45) is 4.99 Å². The summed E-state index contributed by atoms with van der Waals surface area (Å²) in [5.41, 5.74) is 1.41. The van der Waals surface area contributed by atoms with Crippen LogP contribution in [0, 0.1) is 5.82 Å². The molecule has 0 aliphatic heterocycles. The highest BCUT2D eigenvalue weighted by molar-refractivity contribution is 7.91. The summed E-state index contributed by atoms with van der Waals surface area (Å²) < 4.78 is 38.4. The summed E-state index contributed by atoms with van der Waals surface area (Å²) in [4.78, 5) is 3.91. The molecule has 150 valence electrons. The van der Waals surface area contributed by atoms with Crippen LogP contribution in [0.25, 0.3) is 0 Å². The van der Waals surface area contributed by atoms with Gasteiger partial charge in [-0.3, -0.25) is 4.99 Å². The molecule has 5 nitrogen and oxygen atoms in total. The van der Waals surface area contributed by atoms with Gasteiger partial charge in [0.25, 0.3) is 0 Å². The van der Waals surface area contributed by atoms with Crippen molar-refractivity contribution in [2.45, 2.75) is 29.6 Å². The summed E-state index contributed by atoms with van der Waals surface area (Å²) >= 11 is 0. The van der Waals surface area contributed by atoms with Crippen molar-refractivity contribution in [3.63, 3.8) is 0 Å². The number of hydrogen-bond donors (Lipinski definition) is 2. The van der Waals surface area contributed by atoms with Crippen molar-refractivity contribution in [1.82, 2.24) is 10.6 Å². The Morgan fingerprint density at radius 3 is 2.36 bits per heavy atom. The van der Waals surface area contributed by atoms with Crippen LogP contribution in [0.4, 0.5) is 4.39 Å². The van der Waals surface area contributed by atoms with Crippen molar-refractivity contribution in [3.05, 3.63) is 66.0 Å². The first-order chi connectivity index (χ1) is 13.5. The first-order valence-corrected chi connectivity index (χ1v) is 11.1. The Hall–Kier alpha value is -2.41. The zero-order valence-corrected chi connectivity index (χ0v) is 16.8. The number of rotatable bonds is 7. The minimum absolute atomic E-state index is 0.0954. The summed E-state index contributed by atoms with van der Waals surface area (Å²) in [5, 5.41) is 6.34. The molecule has 2 aromatic carbocycles. The highest BCUT2D eigenvalue weighted by Gasteiger charge is 2.38. The van der Waals surface area contributed by atoms with E-state index in [-0.39, 0.29) is 22.6 Å². The van der Waals surface area contributed by atoms with Crippen molar-refractivity contribution in [1.29, 1.82) is 0 Å². The van der Waals surface area contributed by atoms with Gasteiger partial charge in [0, 0.05) is 25.6 Å². The van der Waals surface area contributed by atoms with E-state index in [2.05, 4.69) is 39.9 Å². The van der Waals surface area contributed by atoms with Crippen LogP contribution in [0.5, 0.6) is 0 Å². The van der Waals surface area contributed by atoms with Gasteiger partial charge in [-0.05, 0) is 30.5 Å². The predicted octanol–water partition coefficient (Wildman–Crippen LogP) is 2.89. The van der Waals surface area contributed by atoms with E-state index >= 15 is 0 Å². The maximum atomic E-state index is 13.8. The van der Waals surface area contributed by atoms with Gasteiger partial charge in [-0.2, -0.15) is 0 Å². The second-order valence-electron chi connectivity index (χ2n) is 7.10. The van der Waals surface area contributed by atoms with Crippen LogP contribution in [-0.2, 0) is 15.3 Å². The number of nitrogens with zero attached hydrogens (tertiary/aromatic N) is 1. The molecule has 0 spiro atoms. The molecule has 1 saturated carbocycles. The molecular formula is C21H26FN3O2S. The molecule has 0 saturated heterocycles. The minimum Gasteiger partial charge on any atom is -0.356 e. The molecule has 0 atom stereocenters. The molecule has 28 heavy (non-hydrogen) atoms. The van der Waals surface area contributed by atoms with Gasteiger partial charge in [0.15, 0.2) is 15.8 Å². The highest BCUT2D eigenvalue weighted by atomic mass is 32.2. The fourth-order valence-electron chi connectivity index (χ4n) is 3.55. The molecule has 1 aliphatic carbocycles. The SMILES string of the molecule is CN=C(NCCS(=O)(=O)c1ccccc1F)NCC1(c2ccccc2)CCC1.